The van der Waals surface area contributed by atoms with Crippen molar-refractivity contribution < 1.29 is 19.4 Å². The second kappa shape index (κ2) is 4.28. The fraction of sp³-hybridized carbons (Fsp3) is 0.462. The normalized spacial score (nSPS) is 14.5. The minimum Gasteiger partial charge on any atom is -0.486 e. The Hall–Kier alpha value is -1.71. The number of aliphatic carboxylic acids is 1. The number of rotatable bonds is 3. The Labute approximate surface area is 100 Å². The fourth-order valence-electron chi connectivity index (χ4n) is 1.83. The summed E-state index contributed by atoms with van der Waals surface area (Å²) in [4.78, 5) is 11.1. The largest absolute Gasteiger partial charge is 0.486 e. The number of carbonyl (C=O) groups is 1. The van der Waals surface area contributed by atoms with E-state index in [0.717, 1.165) is 5.56 Å². The molecule has 0 saturated heterocycles. The number of para-hydroxylation sites is 1. The zero-order chi connectivity index (χ0) is 12.5. The van der Waals surface area contributed by atoms with Crippen molar-refractivity contribution in [3.8, 4) is 11.5 Å². The molecule has 4 heteroatoms. The number of benzene rings is 1. The molecule has 0 aromatic heterocycles. The van der Waals surface area contributed by atoms with E-state index in [9.17, 15) is 4.79 Å². The first kappa shape index (κ1) is 11.8. The summed E-state index contributed by atoms with van der Waals surface area (Å²) in [5.41, 5.74) is 0.0743. The minimum atomic E-state index is -0.813. The second-order valence-electron chi connectivity index (χ2n) is 4.81. The van der Waals surface area contributed by atoms with E-state index in [1.54, 1.807) is 13.8 Å². The number of carboxylic acids is 1. The Morgan fingerprint density at radius 3 is 2.76 bits per heavy atom. The van der Waals surface area contributed by atoms with Crippen molar-refractivity contribution >= 4 is 5.97 Å². The standard InChI is InChI=1S/C13H16O4/c1-13(2,12(14)15)8-9-4-3-5-10-11(9)17-7-6-16-10/h3-5H,6-8H2,1-2H3,(H,14,15). The third-order valence-electron chi connectivity index (χ3n) is 2.86. The topological polar surface area (TPSA) is 55.8 Å². The van der Waals surface area contributed by atoms with Crippen LogP contribution in [0.1, 0.15) is 19.4 Å². The van der Waals surface area contributed by atoms with E-state index < -0.39 is 11.4 Å². The Bertz CT molecular complexity index is 437. The minimum absolute atomic E-state index is 0.425. The summed E-state index contributed by atoms with van der Waals surface area (Å²) in [6.45, 7) is 4.47. The number of carboxylic acid groups (broad SMARTS) is 1. The molecule has 1 aliphatic rings. The third kappa shape index (κ3) is 2.35. The van der Waals surface area contributed by atoms with E-state index in [4.69, 9.17) is 14.6 Å². The summed E-state index contributed by atoms with van der Waals surface area (Å²) in [6, 6.07) is 5.59. The van der Waals surface area contributed by atoms with Crippen molar-refractivity contribution in [2.24, 2.45) is 5.41 Å². The lowest BCUT2D eigenvalue weighted by atomic mass is 9.85. The van der Waals surface area contributed by atoms with Crippen LogP contribution >= 0.6 is 0 Å². The Morgan fingerprint density at radius 2 is 2.06 bits per heavy atom. The van der Waals surface area contributed by atoms with Crippen molar-refractivity contribution in [1.82, 2.24) is 0 Å². The van der Waals surface area contributed by atoms with E-state index in [1.807, 2.05) is 18.2 Å². The van der Waals surface area contributed by atoms with Crippen LogP contribution in [0.4, 0.5) is 0 Å². The van der Waals surface area contributed by atoms with Crippen LogP contribution in [-0.4, -0.2) is 24.3 Å². The summed E-state index contributed by atoms with van der Waals surface area (Å²) in [6.07, 6.45) is 0.425. The molecule has 0 spiro atoms. The van der Waals surface area contributed by atoms with E-state index in [2.05, 4.69) is 0 Å². The predicted molar refractivity (Wildman–Crippen MR) is 62.6 cm³/mol. The van der Waals surface area contributed by atoms with Gasteiger partial charge in [0.15, 0.2) is 11.5 Å². The highest BCUT2D eigenvalue weighted by Crippen LogP contribution is 2.36. The van der Waals surface area contributed by atoms with Crippen LogP contribution < -0.4 is 9.47 Å². The number of hydrogen-bond acceptors (Lipinski definition) is 3. The fourth-order valence-corrected chi connectivity index (χ4v) is 1.83. The monoisotopic (exact) mass is 236 g/mol. The maximum absolute atomic E-state index is 11.1. The first-order valence-corrected chi connectivity index (χ1v) is 5.61. The van der Waals surface area contributed by atoms with Gasteiger partial charge in [-0.1, -0.05) is 12.1 Å². The molecule has 0 aliphatic carbocycles. The summed E-state index contributed by atoms with van der Waals surface area (Å²) in [5.74, 6) is 0.579. The van der Waals surface area contributed by atoms with Crippen LogP contribution in [-0.2, 0) is 11.2 Å². The van der Waals surface area contributed by atoms with Crippen LogP contribution in [0.5, 0.6) is 11.5 Å². The second-order valence-corrected chi connectivity index (χ2v) is 4.81. The Balaban J connectivity index is 2.30. The molecule has 1 aliphatic heterocycles. The third-order valence-corrected chi connectivity index (χ3v) is 2.86. The maximum atomic E-state index is 11.1. The van der Waals surface area contributed by atoms with E-state index in [0.29, 0.717) is 31.1 Å². The van der Waals surface area contributed by atoms with Gasteiger partial charge in [-0.2, -0.15) is 0 Å². The molecule has 0 bridgehead atoms. The molecule has 0 saturated carbocycles. The van der Waals surface area contributed by atoms with Gasteiger partial charge in [-0.15, -0.1) is 0 Å². The molecule has 1 N–H and O–H groups in total. The molecule has 92 valence electrons. The molecular weight excluding hydrogens is 220 g/mol. The van der Waals surface area contributed by atoms with Crippen molar-refractivity contribution in [3.63, 3.8) is 0 Å². The number of ether oxygens (including phenoxy) is 2. The van der Waals surface area contributed by atoms with Crippen molar-refractivity contribution in [2.45, 2.75) is 20.3 Å². The SMILES string of the molecule is CC(C)(Cc1cccc2c1OCCO2)C(=O)O. The molecule has 4 nitrogen and oxygen atoms in total. The summed E-state index contributed by atoms with van der Waals surface area (Å²) < 4.78 is 11.0. The smallest absolute Gasteiger partial charge is 0.309 e. The molecule has 0 atom stereocenters. The average Bonchev–Trinajstić information content (AvgIpc) is 2.29. The molecule has 2 rings (SSSR count). The van der Waals surface area contributed by atoms with Gasteiger partial charge in [0.25, 0.3) is 0 Å². The lowest BCUT2D eigenvalue weighted by molar-refractivity contribution is -0.146. The molecule has 17 heavy (non-hydrogen) atoms. The molecule has 0 fully saturated rings. The highest BCUT2D eigenvalue weighted by Gasteiger charge is 2.29. The van der Waals surface area contributed by atoms with Crippen molar-refractivity contribution in [1.29, 1.82) is 0 Å². The van der Waals surface area contributed by atoms with Crippen molar-refractivity contribution in [3.05, 3.63) is 23.8 Å². The zero-order valence-electron chi connectivity index (χ0n) is 10.0. The first-order chi connectivity index (χ1) is 8.00. The highest BCUT2D eigenvalue weighted by molar-refractivity contribution is 5.74. The van der Waals surface area contributed by atoms with Gasteiger partial charge in [-0.05, 0) is 31.9 Å². The summed E-state index contributed by atoms with van der Waals surface area (Å²) in [7, 11) is 0. The van der Waals surface area contributed by atoms with Crippen LogP contribution in [0.3, 0.4) is 0 Å². The van der Waals surface area contributed by atoms with Crippen LogP contribution in [0.2, 0.25) is 0 Å². The van der Waals surface area contributed by atoms with Gasteiger partial charge in [0, 0.05) is 0 Å². The van der Waals surface area contributed by atoms with Gasteiger partial charge in [0.1, 0.15) is 13.2 Å². The molecule has 1 aromatic carbocycles. The van der Waals surface area contributed by atoms with E-state index in [1.165, 1.54) is 0 Å². The lowest BCUT2D eigenvalue weighted by Crippen LogP contribution is -2.27. The average molecular weight is 236 g/mol. The van der Waals surface area contributed by atoms with Gasteiger partial charge in [-0.25, -0.2) is 0 Å². The molecule has 0 radical (unpaired) electrons. The Morgan fingerprint density at radius 1 is 1.35 bits per heavy atom. The molecule has 0 unspecified atom stereocenters. The van der Waals surface area contributed by atoms with Gasteiger partial charge in [0.05, 0.1) is 5.41 Å². The van der Waals surface area contributed by atoms with Crippen LogP contribution in [0.25, 0.3) is 0 Å². The van der Waals surface area contributed by atoms with Crippen LogP contribution in [0.15, 0.2) is 18.2 Å². The lowest BCUT2D eigenvalue weighted by Gasteiger charge is -2.24. The maximum Gasteiger partial charge on any atom is 0.309 e. The quantitative estimate of drug-likeness (QED) is 0.873. The summed E-state index contributed by atoms with van der Waals surface area (Å²) in [5, 5.41) is 9.13. The Kier molecular flexibility index (Phi) is 2.96. The van der Waals surface area contributed by atoms with Gasteiger partial charge in [-0.3, -0.25) is 4.79 Å². The summed E-state index contributed by atoms with van der Waals surface area (Å²) >= 11 is 0. The first-order valence-electron chi connectivity index (χ1n) is 5.61. The van der Waals surface area contributed by atoms with E-state index in [-0.39, 0.29) is 0 Å². The van der Waals surface area contributed by atoms with Gasteiger partial charge < -0.3 is 14.6 Å². The molecular formula is C13H16O4. The zero-order valence-corrected chi connectivity index (χ0v) is 10.0. The molecule has 0 amide bonds. The predicted octanol–water partition coefficient (Wildman–Crippen LogP) is 2.11. The van der Waals surface area contributed by atoms with E-state index >= 15 is 0 Å². The number of fused-ring (bicyclic) bond motifs is 1. The molecule has 1 heterocycles. The molecule has 1 aromatic rings. The van der Waals surface area contributed by atoms with Crippen molar-refractivity contribution in [2.75, 3.05) is 13.2 Å². The van der Waals surface area contributed by atoms with Gasteiger partial charge in [0.2, 0.25) is 0 Å². The highest BCUT2D eigenvalue weighted by atomic mass is 16.6. The van der Waals surface area contributed by atoms with Gasteiger partial charge >= 0.3 is 5.97 Å². The van der Waals surface area contributed by atoms with Crippen LogP contribution in [0, 0.1) is 5.41 Å². The number of hydrogen-bond donors (Lipinski definition) is 1.